The average molecular weight is 325 g/mol. The molecule has 1 saturated heterocycles. The van der Waals surface area contributed by atoms with Gasteiger partial charge in [-0.15, -0.1) is 0 Å². The summed E-state index contributed by atoms with van der Waals surface area (Å²) in [6, 6.07) is 7.15. The Morgan fingerprint density at radius 2 is 2.00 bits per heavy atom. The van der Waals surface area contributed by atoms with Gasteiger partial charge in [0.2, 0.25) is 0 Å². The van der Waals surface area contributed by atoms with E-state index in [-0.39, 0.29) is 0 Å². The van der Waals surface area contributed by atoms with Crippen LogP contribution >= 0.6 is 15.9 Å². The fourth-order valence-electron chi connectivity index (χ4n) is 2.75. The van der Waals surface area contributed by atoms with Crippen LogP contribution in [-0.4, -0.2) is 30.6 Å². The molecule has 2 rings (SSSR count). The molecular weight excluding hydrogens is 300 g/mol. The number of likely N-dealkylation sites (tertiary alicyclic amines) is 1. The van der Waals surface area contributed by atoms with Crippen LogP contribution in [0.4, 0.5) is 5.69 Å². The van der Waals surface area contributed by atoms with Gasteiger partial charge in [-0.25, -0.2) is 0 Å². The van der Waals surface area contributed by atoms with E-state index in [1.54, 1.807) is 0 Å². The molecule has 0 aliphatic carbocycles. The molecule has 1 aromatic rings. The molecule has 0 spiro atoms. The third-order valence-electron chi connectivity index (χ3n) is 3.74. The number of anilines is 1. The second-order valence-corrected chi connectivity index (χ2v) is 6.93. The Hall–Kier alpha value is -0.540. The summed E-state index contributed by atoms with van der Waals surface area (Å²) in [4.78, 5) is 2.59. The molecule has 1 N–H and O–H groups in total. The van der Waals surface area contributed by atoms with Crippen molar-refractivity contribution in [3.63, 3.8) is 0 Å². The molecule has 0 unspecified atom stereocenters. The Kier molecular flexibility index (Phi) is 5.28. The van der Waals surface area contributed by atoms with Crippen LogP contribution in [0.25, 0.3) is 0 Å². The molecule has 0 amide bonds. The molecule has 1 aliphatic heterocycles. The number of halogens is 1. The van der Waals surface area contributed by atoms with Crippen molar-refractivity contribution < 1.29 is 0 Å². The van der Waals surface area contributed by atoms with E-state index in [2.05, 4.69) is 65.1 Å². The molecule has 2 nitrogen and oxygen atoms in total. The zero-order chi connectivity index (χ0) is 13.8. The van der Waals surface area contributed by atoms with Gasteiger partial charge in [-0.2, -0.15) is 0 Å². The second-order valence-electron chi connectivity index (χ2n) is 6.08. The van der Waals surface area contributed by atoms with Gasteiger partial charge in [0.1, 0.15) is 0 Å². The predicted molar refractivity (Wildman–Crippen MR) is 86.8 cm³/mol. The highest BCUT2D eigenvalue weighted by Gasteiger charge is 2.19. The maximum absolute atomic E-state index is 3.68. The fourth-order valence-corrected chi connectivity index (χ4v) is 2.99. The number of hydrogen-bond donors (Lipinski definition) is 1. The first-order chi connectivity index (χ1) is 9.04. The minimum absolute atomic E-state index is 0.629. The molecule has 19 heavy (non-hydrogen) atoms. The van der Waals surface area contributed by atoms with Gasteiger partial charge in [-0.1, -0.05) is 29.8 Å². The van der Waals surface area contributed by atoms with Gasteiger partial charge in [0.05, 0.1) is 0 Å². The zero-order valence-corrected chi connectivity index (χ0v) is 13.8. The first-order valence-electron chi connectivity index (χ1n) is 7.29. The van der Waals surface area contributed by atoms with Crippen LogP contribution in [0.15, 0.2) is 22.7 Å². The van der Waals surface area contributed by atoms with Crippen molar-refractivity contribution in [3.05, 3.63) is 28.2 Å². The smallest absolute Gasteiger partial charge is 0.0345 e. The van der Waals surface area contributed by atoms with Crippen LogP contribution < -0.4 is 5.32 Å². The Morgan fingerprint density at radius 1 is 1.32 bits per heavy atom. The molecule has 1 aromatic carbocycles. The molecule has 0 radical (unpaired) electrons. The highest BCUT2D eigenvalue weighted by Crippen LogP contribution is 2.22. The molecule has 3 heteroatoms. The monoisotopic (exact) mass is 324 g/mol. The van der Waals surface area contributed by atoms with Gasteiger partial charge in [0, 0.05) is 35.8 Å². The summed E-state index contributed by atoms with van der Waals surface area (Å²) >= 11 is 3.55. The highest BCUT2D eigenvalue weighted by atomic mass is 79.9. The lowest BCUT2D eigenvalue weighted by molar-refractivity contribution is 0.198. The van der Waals surface area contributed by atoms with Crippen LogP contribution in [0.3, 0.4) is 0 Å². The van der Waals surface area contributed by atoms with Crippen LogP contribution in [0.5, 0.6) is 0 Å². The normalized spacial score (nSPS) is 17.9. The first-order valence-corrected chi connectivity index (χ1v) is 8.09. The van der Waals surface area contributed by atoms with Crippen molar-refractivity contribution in [2.24, 2.45) is 5.92 Å². The van der Waals surface area contributed by atoms with Gasteiger partial charge >= 0.3 is 0 Å². The molecule has 0 bridgehead atoms. The quantitative estimate of drug-likeness (QED) is 0.888. The van der Waals surface area contributed by atoms with Gasteiger partial charge in [0.25, 0.3) is 0 Å². The van der Waals surface area contributed by atoms with E-state index in [0.29, 0.717) is 6.04 Å². The largest absolute Gasteiger partial charge is 0.382 e. The van der Waals surface area contributed by atoms with Crippen molar-refractivity contribution in [1.82, 2.24) is 4.90 Å². The van der Waals surface area contributed by atoms with E-state index >= 15 is 0 Å². The summed E-state index contributed by atoms with van der Waals surface area (Å²) in [5.74, 6) is 0.777. The minimum Gasteiger partial charge on any atom is -0.382 e. The SMILES string of the molecule is Cc1cc(NC2CCN(CC(C)C)CC2)ccc1Br. The average Bonchev–Trinajstić information content (AvgIpc) is 2.36. The lowest BCUT2D eigenvalue weighted by Crippen LogP contribution is -2.40. The number of benzene rings is 1. The summed E-state index contributed by atoms with van der Waals surface area (Å²) in [5.41, 5.74) is 2.55. The number of rotatable bonds is 4. The van der Waals surface area contributed by atoms with E-state index in [1.807, 2.05) is 0 Å². The topological polar surface area (TPSA) is 15.3 Å². The van der Waals surface area contributed by atoms with Crippen LogP contribution in [-0.2, 0) is 0 Å². The summed E-state index contributed by atoms with van der Waals surface area (Å²) < 4.78 is 1.19. The Balaban J connectivity index is 1.83. The molecule has 1 heterocycles. The summed E-state index contributed by atoms with van der Waals surface area (Å²) in [6.07, 6.45) is 2.50. The lowest BCUT2D eigenvalue weighted by Gasteiger charge is -2.33. The molecule has 1 fully saturated rings. The van der Waals surface area contributed by atoms with Crippen molar-refractivity contribution in [1.29, 1.82) is 0 Å². The maximum Gasteiger partial charge on any atom is 0.0345 e. The molecule has 0 atom stereocenters. The van der Waals surface area contributed by atoms with Gasteiger partial charge < -0.3 is 10.2 Å². The summed E-state index contributed by atoms with van der Waals surface area (Å²) in [7, 11) is 0. The molecule has 0 aromatic heterocycles. The second kappa shape index (κ2) is 6.76. The van der Waals surface area contributed by atoms with Crippen molar-refractivity contribution in [2.75, 3.05) is 25.0 Å². The molecule has 106 valence electrons. The van der Waals surface area contributed by atoms with Crippen LogP contribution in [0.2, 0.25) is 0 Å². The Morgan fingerprint density at radius 3 is 2.58 bits per heavy atom. The third-order valence-corrected chi connectivity index (χ3v) is 4.63. The fraction of sp³-hybridized carbons (Fsp3) is 0.625. The van der Waals surface area contributed by atoms with Crippen molar-refractivity contribution in [2.45, 2.75) is 39.7 Å². The molecule has 1 aliphatic rings. The van der Waals surface area contributed by atoms with Gasteiger partial charge in [-0.05, 0) is 49.4 Å². The standard InChI is InChI=1S/C16H25BrN2/c1-12(2)11-19-8-6-14(7-9-19)18-15-4-5-16(17)13(3)10-15/h4-5,10,12,14,18H,6-9,11H2,1-3H3. The number of aryl methyl sites for hydroxylation is 1. The Labute approximate surface area is 125 Å². The van der Waals surface area contributed by atoms with E-state index < -0.39 is 0 Å². The third kappa shape index (κ3) is 4.50. The molecular formula is C16H25BrN2. The minimum atomic E-state index is 0.629. The number of nitrogens with one attached hydrogen (secondary N) is 1. The van der Waals surface area contributed by atoms with E-state index in [1.165, 1.54) is 48.2 Å². The number of nitrogens with zero attached hydrogens (tertiary/aromatic N) is 1. The van der Waals surface area contributed by atoms with E-state index in [4.69, 9.17) is 0 Å². The number of hydrogen-bond acceptors (Lipinski definition) is 2. The zero-order valence-electron chi connectivity index (χ0n) is 12.2. The van der Waals surface area contributed by atoms with Crippen molar-refractivity contribution >= 4 is 21.6 Å². The van der Waals surface area contributed by atoms with Crippen LogP contribution in [0.1, 0.15) is 32.3 Å². The molecule has 0 saturated carbocycles. The van der Waals surface area contributed by atoms with Gasteiger partial charge in [-0.3, -0.25) is 0 Å². The van der Waals surface area contributed by atoms with E-state index in [0.717, 1.165) is 5.92 Å². The lowest BCUT2D eigenvalue weighted by atomic mass is 10.0. The predicted octanol–water partition coefficient (Wildman–Crippen LogP) is 4.29. The highest BCUT2D eigenvalue weighted by molar-refractivity contribution is 9.10. The van der Waals surface area contributed by atoms with Crippen LogP contribution in [0, 0.1) is 12.8 Å². The Bertz CT molecular complexity index is 409. The van der Waals surface area contributed by atoms with Gasteiger partial charge in [0.15, 0.2) is 0 Å². The van der Waals surface area contributed by atoms with E-state index in [9.17, 15) is 0 Å². The first kappa shape index (κ1) is 14.9. The maximum atomic E-state index is 3.68. The van der Waals surface area contributed by atoms with Crippen molar-refractivity contribution in [3.8, 4) is 0 Å². The summed E-state index contributed by atoms with van der Waals surface area (Å²) in [6.45, 7) is 10.4. The summed E-state index contributed by atoms with van der Waals surface area (Å²) in [5, 5.41) is 3.68. The number of piperidine rings is 1.